The summed E-state index contributed by atoms with van der Waals surface area (Å²) in [5.41, 5.74) is 0. The molecule has 0 aromatic heterocycles. The molecule has 0 aliphatic carbocycles. The molecule has 0 rings (SSSR count). The van der Waals surface area contributed by atoms with E-state index in [-0.39, 0.29) is 21.1 Å². The second-order valence-corrected chi connectivity index (χ2v) is 0.204. The summed E-state index contributed by atoms with van der Waals surface area (Å²) in [5.74, 6) is 0. The molecule has 0 atom stereocenters. The predicted octanol–water partition coefficient (Wildman–Crippen LogP) is 0.113. The average Bonchev–Trinajstić information content (AvgIpc) is 0.918. The molecule has 0 unspecified atom stereocenters. The van der Waals surface area contributed by atoms with Crippen molar-refractivity contribution in [1.82, 2.24) is 0 Å². The molecule has 0 saturated carbocycles. The van der Waals surface area contributed by atoms with E-state index in [9.17, 15) is 0 Å². The summed E-state index contributed by atoms with van der Waals surface area (Å²) in [7, 11) is 0. The molecule has 0 aromatic carbocycles. The second-order valence-electron chi connectivity index (χ2n) is 0.204. The minimum atomic E-state index is 0. The zero-order chi connectivity index (χ0) is 2.71. The van der Waals surface area contributed by atoms with Gasteiger partial charge >= 0.3 is 0 Å². The number of carbonyl (C=O) groups excluding carboxylic acids is 1. The van der Waals surface area contributed by atoms with E-state index >= 15 is 0 Å². The summed E-state index contributed by atoms with van der Waals surface area (Å²) in [5, 5.41) is 0. The maximum Gasteiger partial charge on any atom is 0 e. The first-order valence-electron chi connectivity index (χ1n) is 0.704. The van der Waals surface area contributed by atoms with Gasteiger partial charge in [0.2, 0.25) is 0 Å². The average molecular weight is 139 g/mol. The Bertz CT molecular complexity index is 13.5. The van der Waals surface area contributed by atoms with Crippen molar-refractivity contribution in [1.29, 1.82) is 0 Å². The topological polar surface area (TPSA) is 17.1 Å². The van der Waals surface area contributed by atoms with Gasteiger partial charge in [-0.25, -0.2) is 0 Å². The van der Waals surface area contributed by atoms with Gasteiger partial charge < -0.3 is 4.79 Å². The third kappa shape index (κ3) is 33.9. The van der Waals surface area contributed by atoms with Crippen LogP contribution in [0.1, 0.15) is 6.92 Å². The van der Waals surface area contributed by atoms with Crippen LogP contribution in [0.5, 0.6) is 0 Å². The molecule has 1 nitrogen and oxygen atoms in total. The molecule has 2 heteroatoms. The van der Waals surface area contributed by atoms with Gasteiger partial charge in [-0.15, -0.1) is 0 Å². The maximum atomic E-state index is 8.68. The third-order valence-electron chi connectivity index (χ3n) is 0. The van der Waals surface area contributed by atoms with Crippen LogP contribution in [0.2, 0.25) is 0 Å². The van der Waals surface area contributed by atoms with E-state index in [0.717, 1.165) is 0 Å². The molecule has 0 radical (unpaired) electrons. The van der Waals surface area contributed by atoms with Gasteiger partial charge in [-0.3, -0.25) is 6.29 Å². The molecular formula is C2H3MoO-. The SMILES string of the molecule is C[C-]=O.[Mo]. The van der Waals surface area contributed by atoms with Crippen LogP contribution >= 0.6 is 0 Å². The zero-order valence-electron chi connectivity index (χ0n) is 2.32. The van der Waals surface area contributed by atoms with E-state index in [1.165, 1.54) is 13.2 Å². The molecule has 0 saturated heterocycles. The molecular weight excluding hydrogens is 136 g/mol. The minimum absolute atomic E-state index is 0. The van der Waals surface area contributed by atoms with E-state index in [2.05, 4.69) is 0 Å². The van der Waals surface area contributed by atoms with Gasteiger partial charge in [0.05, 0.1) is 0 Å². The van der Waals surface area contributed by atoms with E-state index in [0.29, 0.717) is 0 Å². The quantitative estimate of drug-likeness (QED) is 0.344. The van der Waals surface area contributed by atoms with Crippen molar-refractivity contribution < 1.29 is 25.9 Å². The number of hydrogen-bond acceptors (Lipinski definition) is 1. The maximum absolute atomic E-state index is 8.68. The van der Waals surface area contributed by atoms with E-state index in [1.807, 2.05) is 0 Å². The summed E-state index contributed by atoms with van der Waals surface area (Å²) >= 11 is 0. The van der Waals surface area contributed by atoms with Crippen molar-refractivity contribution in [2.24, 2.45) is 0 Å². The summed E-state index contributed by atoms with van der Waals surface area (Å²) < 4.78 is 0. The Morgan fingerprint density at radius 2 is 1.75 bits per heavy atom. The van der Waals surface area contributed by atoms with Crippen molar-refractivity contribution >= 4 is 6.29 Å². The van der Waals surface area contributed by atoms with Crippen LogP contribution in [0.3, 0.4) is 0 Å². The third-order valence-corrected chi connectivity index (χ3v) is 0. The number of hydrogen-bond donors (Lipinski definition) is 0. The van der Waals surface area contributed by atoms with Gasteiger partial charge in [0.15, 0.2) is 0 Å². The normalized spacial score (nSPS) is 3.25. The Labute approximate surface area is 39.7 Å². The molecule has 0 N–H and O–H groups in total. The Morgan fingerprint density at radius 3 is 1.75 bits per heavy atom. The van der Waals surface area contributed by atoms with Gasteiger partial charge in [0.1, 0.15) is 0 Å². The van der Waals surface area contributed by atoms with Crippen molar-refractivity contribution in [3.05, 3.63) is 0 Å². The Balaban J connectivity index is 0. The smallest absolute Gasteiger partial charge is 0 e. The van der Waals surface area contributed by atoms with Crippen LogP contribution < -0.4 is 0 Å². The molecule has 0 aliphatic rings. The minimum Gasteiger partial charge on any atom is -0.542 e. The van der Waals surface area contributed by atoms with Crippen LogP contribution in [-0.2, 0) is 25.9 Å². The first kappa shape index (κ1) is 8.84. The monoisotopic (exact) mass is 141 g/mol. The summed E-state index contributed by atoms with van der Waals surface area (Å²) in [6.07, 6.45) is 1.50. The number of rotatable bonds is 0. The molecule has 0 aromatic rings. The van der Waals surface area contributed by atoms with Crippen LogP contribution in [0.4, 0.5) is 0 Å². The zero-order valence-corrected chi connectivity index (χ0v) is 4.32. The summed E-state index contributed by atoms with van der Waals surface area (Å²) in [4.78, 5) is 8.68. The largest absolute Gasteiger partial charge is 0.542 e. The molecule has 4 heavy (non-hydrogen) atoms. The second kappa shape index (κ2) is 10.1. The first-order valence-corrected chi connectivity index (χ1v) is 0.704. The Morgan fingerprint density at radius 1 is 1.75 bits per heavy atom. The predicted molar refractivity (Wildman–Crippen MR) is 11.4 cm³/mol. The van der Waals surface area contributed by atoms with Crippen LogP contribution in [0.15, 0.2) is 0 Å². The summed E-state index contributed by atoms with van der Waals surface area (Å²) in [6, 6.07) is 0. The Kier molecular flexibility index (Phi) is 22.4. The fourth-order valence-corrected chi connectivity index (χ4v) is 0. The van der Waals surface area contributed by atoms with Crippen LogP contribution in [-0.4, -0.2) is 6.29 Å². The molecule has 0 amide bonds. The van der Waals surface area contributed by atoms with Crippen molar-refractivity contribution in [2.45, 2.75) is 6.92 Å². The molecule has 0 heterocycles. The molecule has 0 aliphatic heterocycles. The fourth-order valence-electron chi connectivity index (χ4n) is 0. The first-order chi connectivity index (χ1) is 1.41. The van der Waals surface area contributed by atoms with Gasteiger partial charge in [0, 0.05) is 21.1 Å². The molecule has 0 fully saturated rings. The van der Waals surface area contributed by atoms with Gasteiger partial charge in [-0.05, 0) is 0 Å². The van der Waals surface area contributed by atoms with Gasteiger partial charge in [-0.2, -0.15) is 6.92 Å². The van der Waals surface area contributed by atoms with Crippen molar-refractivity contribution in [2.75, 3.05) is 0 Å². The van der Waals surface area contributed by atoms with E-state index in [4.69, 9.17) is 4.79 Å². The standard InChI is InChI=1S/C2H3O.Mo/c1-2-3;/h1H3;/q-1;. The molecule has 24 valence electrons. The van der Waals surface area contributed by atoms with Crippen molar-refractivity contribution in [3.63, 3.8) is 0 Å². The van der Waals surface area contributed by atoms with Gasteiger partial charge in [-0.1, -0.05) is 0 Å². The van der Waals surface area contributed by atoms with Crippen molar-refractivity contribution in [3.8, 4) is 0 Å². The fraction of sp³-hybridized carbons (Fsp3) is 0.500. The van der Waals surface area contributed by atoms with E-state index < -0.39 is 0 Å². The summed E-state index contributed by atoms with van der Waals surface area (Å²) in [6.45, 7) is 1.32. The molecule has 0 bridgehead atoms. The van der Waals surface area contributed by atoms with Crippen LogP contribution in [0.25, 0.3) is 0 Å². The van der Waals surface area contributed by atoms with E-state index in [1.54, 1.807) is 0 Å². The Hall–Kier alpha value is 0.358. The van der Waals surface area contributed by atoms with Gasteiger partial charge in [0.25, 0.3) is 0 Å². The molecule has 0 spiro atoms. The van der Waals surface area contributed by atoms with Crippen LogP contribution in [0, 0.1) is 0 Å².